The van der Waals surface area contributed by atoms with Crippen LogP contribution >= 0.6 is 0 Å². The van der Waals surface area contributed by atoms with Gasteiger partial charge in [0.2, 0.25) is 46.9 Å². The highest BCUT2D eigenvalue weighted by Crippen LogP contribution is 2.59. The number of cyclic esters (lactones) is 1. The molecule has 6 aromatic rings. The Morgan fingerprint density at radius 2 is 0.848 bits per heavy atom. The number of hydrogen-bond acceptors (Lipinski definition) is 30. The second-order valence-corrected chi connectivity index (χ2v) is 16.9. The summed E-state index contributed by atoms with van der Waals surface area (Å²) in [4.78, 5) is 84.7. The maximum absolute atomic E-state index is 15.3. The number of rotatable bonds is 5. The average molecular weight is 1100 g/mol. The number of aromatic hydroxyl groups is 17. The molecule has 79 heavy (non-hydrogen) atoms. The van der Waals surface area contributed by atoms with Crippen LogP contribution in [-0.4, -0.2) is 165 Å². The fourth-order valence-corrected chi connectivity index (χ4v) is 8.50. The molecule has 3 aliphatic rings. The van der Waals surface area contributed by atoms with Gasteiger partial charge in [-0.1, -0.05) is 0 Å². The number of phenols is 17. The molecule has 5 unspecified atom stereocenters. The summed E-state index contributed by atoms with van der Waals surface area (Å²) in [5, 5.41) is 193. The Hall–Kier alpha value is -11.5. The van der Waals surface area contributed by atoms with E-state index in [0.717, 1.165) is 0 Å². The summed E-state index contributed by atoms with van der Waals surface area (Å²) < 4.78 is 39.4. The zero-order valence-corrected chi connectivity index (χ0v) is 38.5. The molecule has 18 N–H and O–H groups in total. The average Bonchev–Trinajstić information content (AvgIpc) is 3.67. The topological polar surface area (TPSA) is 531 Å². The van der Waals surface area contributed by atoms with E-state index < -0.39 is 238 Å². The van der Waals surface area contributed by atoms with E-state index in [1.807, 2.05) is 0 Å². The van der Waals surface area contributed by atoms with Gasteiger partial charge < -0.3 is 125 Å². The van der Waals surface area contributed by atoms with E-state index in [2.05, 4.69) is 0 Å². The lowest BCUT2D eigenvalue weighted by Gasteiger charge is -2.44. The van der Waals surface area contributed by atoms with Crippen LogP contribution in [0.25, 0.3) is 22.3 Å². The monoisotopic (exact) mass is 1100 g/mol. The molecule has 5 atom stereocenters. The van der Waals surface area contributed by atoms with Crippen molar-refractivity contribution < 1.29 is 154 Å². The Morgan fingerprint density at radius 1 is 0.418 bits per heavy atom. The van der Waals surface area contributed by atoms with Crippen LogP contribution in [0.4, 0.5) is 0 Å². The molecule has 31 heteroatoms. The molecule has 1 saturated heterocycles. The third-order valence-electron chi connectivity index (χ3n) is 12.2. The molecule has 0 saturated carbocycles. The van der Waals surface area contributed by atoms with Crippen molar-refractivity contribution in [2.75, 3.05) is 6.61 Å². The number of hydrogen-bond donors (Lipinski definition) is 18. The number of carboxylic acid groups (broad SMARTS) is 1. The molecular weight excluding hydrogens is 1070 g/mol. The normalized spacial score (nSPS) is 18.7. The van der Waals surface area contributed by atoms with E-state index >= 15 is 4.79 Å². The Balaban J connectivity index is 1.32. The van der Waals surface area contributed by atoms with Crippen LogP contribution in [0.3, 0.4) is 0 Å². The van der Waals surface area contributed by atoms with E-state index in [1.54, 1.807) is 0 Å². The lowest BCUT2D eigenvalue weighted by molar-refractivity contribution is -0.282. The summed E-state index contributed by atoms with van der Waals surface area (Å²) in [7, 11) is 0. The van der Waals surface area contributed by atoms with E-state index in [4.69, 9.17) is 33.2 Å². The molecule has 31 nitrogen and oxygen atoms in total. The summed E-state index contributed by atoms with van der Waals surface area (Å²) in [5.41, 5.74) is -12.0. The number of carboxylic acids is 1. The zero-order valence-electron chi connectivity index (χ0n) is 38.5. The standard InChI is InChI=1S/C48H32O31/c49-14-2-10(3-15(50)27(14)55)43(68)79-48-41-40(77-45(70)12-6-18(53)29(57)32(60)22(12)23-13(46(71)78-41)7-19(54)30(58)33(23)61)38-21(75-48)8-73-44(69)11-5-17(52)31(59)34(62)24(11)25-26(47(72)76-38)39(37(65)36(64)35(25)63)74-20-4-9(42(66)67)1-16(51)28(20)56/h1-7,21,38,40-41,48-65H,8H2,(H,66,67). The third kappa shape index (κ3) is 8.40. The van der Waals surface area contributed by atoms with Gasteiger partial charge in [0.15, 0.2) is 87.0 Å². The molecule has 0 spiro atoms. The van der Waals surface area contributed by atoms with E-state index in [9.17, 15) is 116 Å². The number of fused-ring (bicyclic) bond motifs is 9. The summed E-state index contributed by atoms with van der Waals surface area (Å²) in [6.07, 6.45) is -13.2. The van der Waals surface area contributed by atoms with Crippen LogP contribution in [0.5, 0.6) is 109 Å². The number of esters is 5. The number of carbonyl (C=O) groups is 6. The number of carbonyl (C=O) groups excluding carboxylic acids is 5. The van der Waals surface area contributed by atoms with Crippen molar-refractivity contribution in [1.82, 2.24) is 0 Å². The largest absolute Gasteiger partial charge is 0.504 e. The minimum atomic E-state index is -2.74. The number of benzene rings is 6. The van der Waals surface area contributed by atoms with Crippen LogP contribution in [-0.2, 0) is 28.4 Å². The summed E-state index contributed by atoms with van der Waals surface area (Å²) in [5.74, 6) is -38.6. The molecule has 1 fully saturated rings. The first-order chi connectivity index (χ1) is 37.1. The Kier molecular flexibility index (Phi) is 12.4. The third-order valence-corrected chi connectivity index (χ3v) is 12.2. The zero-order chi connectivity index (χ0) is 57.7. The van der Waals surface area contributed by atoms with Gasteiger partial charge in [-0.05, 0) is 42.5 Å². The van der Waals surface area contributed by atoms with Gasteiger partial charge in [-0.15, -0.1) is 0 Å². The van der Waals surface area contributed by atoms with Gasteiger partial charge >= 0.3 is 35.8 Å². The highest BCUT2D eigenvalue weighted by atomic mass is 16.7. The van der Waals surface area contributed by atoms with Gasteiger partial charge in [-0.2, -0.15) is 0 Å². The van der Waals surface area contributed by atoms with E-state index in [0.29, 0.717) is 42.5 Å². The molecule has 0 radical (unpaired) electrons. The van der Waals surface area contributed by atoms with E-state index in [1.165, 1.54) is 0 Å². The quantitative estimate of drug-likeness (QED) is 0.0670. The van der Waals surface area contributed by atoms with Crippen molar-refractivity contribution in [2.24, 2.45) is 0 Å². The lowest BCUT2D eigenvalue weighted by atomic mass is 9.90. The minimum absolute atomic E-state index is 0.335. The van der Waals surface area contributed by atoms with Gasteiger partial charge in [-0.25, -0.2) is 28.8 Å². The fraction of sp³-hybridized carbons (Fsp3) is 0.125. The Morgan fingerprint density at radius 3 is 1.37 bits per heavy atom. The van der Waals surface area contributed by atoms with Gasteiger partial charge in [0, 0.05) is 16.7 Å². The van der Waals surface area contributed by atoms with Gasteiger partial charge in [-0.3, -0.25) is 0 Å². The van der Waals surface area contributed by atoms with Crippen LogP contribution in [0, 0.1) is 0 Å². The van der Waals surface area contributed by atoms with Crippen LogP contribution in [0.15, 0.2) is 42.5 Å². The first-order valence-corrected chi connectivity index (χ1v) is 21.7. The second kappa shape index (κ2) is 18.7. The SMILES string of the molecule is O=C(O)c1cc(O)c(O)c(Oc2c(O)c(O)c(O)c3c2C(=O)OC2C(COC(=O)c4cc(O)c(O)c(O)c4-3)OC(OC(=O)c3cc(O)c(O)c(O)c3)C3OC(=O)c4cc(O)c(O)c(O)c4-c4c(cc(O)c(O)c4O)C(=O)OC23)c1. The molecule has 9 rings (SSSR count). The summed E-state index contributed by atoms with van der Waals surface area (Å²) in [6, 6.07) is 2.98. The maximum atomic E-state index is 15.3. The molecule has 0 amide bonds. The van der Waals surface area contributed by atoms with Crippen molar-refractivity contribution in [2.45, 2.75) is 30.7 Å². The molecule has 0 bridgehead atoms. The predicted molar refractivity (Wildman–Crippen MR) is 244 cm³/mol. The van der Waals surface area contributed by atoms with Crippen molar-refractivity contribution in [3.05, 3.63) is 75.8 Å². The molecule has 0 aromatic heterocycles. The molecule has 3 aliphatic heterocycles. The van der Waals surface area contributed by atoms with Crippen molar-refractivity contribution in [3.63, 3.8) is 0 Å². The fourth-order valence-electron chi connectivity index (χ4n) is 8.50. The van der Waals surface area contributed by atoms with Crippen LogP contribution in [0.2, 0.25) is 0 Å². The van der Waals surface area contributed by atoms with Crippen molar-refractivity contribution >= 4 is 35.8 Å². The Labute approximate surface area is 433 Å². The molecule has 410 valence electrons. The lowest BCUT2D eigenvalue weighted by Crippen LogP contribution is -2.63. The summed E-state index contributed by atoms with van der Waals surface area (Å²) >= 11 is 0. The van der Waals surface area contributed by atoms with Gasteiger partial charge in [0.1, 0.15) is 18.3 Å². The van der Waals surface area contributed by atoms with E-state index in [-0.39, 0.29) is 0 Å². The first kappa shape index (κ1) is 52.4. The number of aromatic carboxylic acids is 1. The van der Waals surface area contributed by atoms with Gasteiger partial charge in [0.05, 0.1) is 33.4 Å². The maximum Gasteiger partial charge on any atom is 0.343 e. The Bertz CT molecular complexity index is 3710. The number of phenolic OH excluding ortho intramolecular Hbond substituents is 17. The predicted octanol–water partition coefficient (Wildman–Crippen LogP) is 2.55. The minimum Gasteiger partial charge on any atom is -0.504 e. The first-order valence-electron chi connectivity index (χ1n) is 21.7. The highest BCUT2D eigenvalue weighted by Gasteiger charge is 2.56. The summed E-state index contributed by atoms with van der Waals surface area (Å²) in [6.45, 7) is -1.42. The van der Waals surface area contributed by atoms with Gasteiger partial charge in [0.25, 0.3) is 0 Å². The van der Waals surface area contributed by atoms with Crippen molar-refractivity contribution in [1.29, 1.82) is 0 Å². The molecule has 0 aliphatic carbocycles. The smallest absolute Gasteiger partial charge is 0.343 e. The van der Waals surface area contributed by atoms with Crippen LogP contribution in [0.1, 0.15) is 62.1 Å². The van der Waals surface area contributed by atoms with Crippen LogP contribution < -0.4 is 4.74 Å². The highest BCUT2D eigenvalue weighted by molar-refractivity contribution is 6.11. The molecule has 3 heterocycles. The second-order valence-electron chi connectivity index (χ2n) is 16.9. The van der Waals surface area contributed by atoms with Crippen molar-refractivity contribution in [3.8, 4) is 131 Å². The number of ether oxygens (including phenoxy) is 7. The molecule has 6 aromatic carbocycles. The molecular formula is C48H32O31.